The Morgan fingerprint density at radius 2 is 1.79 bits per heavy atom. The third-order valence-electron chi connectivity index (χ3n) is 4.29. The molecule has 2 aromatic heterocycles. The van der Waals surface area contributed by atoms with Crippen molar-refractivity contribution in [3.8, 4) is 16.9 Å². The Balaban J connectivity index is 1.30. The molecule has 4 aromatic rings. The molecular weight excluding hydrogens is 382 g/mol. The topological polar surface area (TPSA) is 72.7 Å². The lowest BCUT2D eigenvalue weighted by Crippen LogP contribution is -2.24. The van der Waals surface area contributed by atoms with Crippen LogP contribution < -0.4 is 5.32 Å². The Morgan fingerprint density at radius 3 is 2.48 bits per heavy atom. The van der Waals surface area contributed by atoms with Crippen molar-refractivity contribution in [1.29, 1.82) is 0 Å². The zero-order valence-corrected chi connectivity index (χ0v) is 16.4. The van der Waals surface area contributed by atoms with Gasteiger partial charge < -0.3 is 9.88 Å². The lowest BCUT2D eigenvalue weighted by Gasteiger charge is -2.06. The largest absolute Gasteiger partial charge is 0.351 e. The molecule has 0 atom stereocenters. The minimum absolute atomic E-state index is 0.0279. The zero-order valence-electron chi connectivity index (χ0n) is 15.6. The highest BCUT2D eigenvalue weighted by atomic mass is 32.2. The van der Waals surface area contributed by atoms with Crippen molar-refractivity contribution in [1.82, 2.24) is 25.1 Å². The molecule has 0 unspecified atom stereocenters. The Bertz CT molecular complexity index is 1050. The van der Waals surface area contributed by atoms with Crippen LogP contribution in [0, 0.1) is 0 Å². The lowest BCUT2D eigenvalue weighted by atomic mass is 10.1. The fraction of sp³-hybridized carbons (Fsp3) is 0.0909. The van der Waals surface area contributed by atoms with Crippen LogP contribution in [0.4, 0.5) is 0 Å². The molecule has 29 heavy (non-hydrogen) atoms. The molecule has 1 N–H and O–H groups in total. The van der Waals surface area contributed by atoms with E-state index in [4.69, 9.17) is 0 Å². The van der Waals surface area contributed by atoms with E-state index < -0.39 is 0 Å². The van der Waals surface area contributed by atoms with Crippen LogP contribution in [0.5, 0.6) is 0 Å². The molecule has 0 bridgehead atoms. The Labute approximate surface area is 173 Å². The monoisotopic (exact) mass is 401 g/mol. The summed E-state index contributed by atoms with van der Waals surface area (Å²) in [4.78, 5) is 16.1. The van der Waals surface area contributed by atoms with Crippen molar-refractivity contribution >= 4 is 17.7 Å². The van der Waals surface area contributed by atoms with Crippen LogP contribution in [0.3, 0.4) is 0 Å². The van der Waals surface area contributed by atoms with E-state index >= 15 is 0 Å². The van der Waals surface area contributed by atoms with Crippen molar-refractivity contribution in [2.75, 3.05) is 5.75 Å². The van der Waals surface area contributed by atoms with E-state index in [1.165, 1.54) is 11.8 Å². The third-order valence-corrected chi connectivity index (χ3v) is 5.21. The number of hydrogen-bond acceptors (Lipinski definition) is 5. The highest BCUT2D eigenvalue weighted by molar-refractivity contribution is 7.99. The first-order valence-corrected chi connectivity index (χ1v) is 10.1. The van der Waals surface area contributed by atoms with E-state index in [2.05, 4.69) is 20.5 Å². The first-order chi connectivity index (χ1) is 14.3. The van der Waals surface area contributed by atoms with Crippen LogP contribution in [0.2, 0.25) is 0 Å². The molecule has 0 radical (unpaired) electrons. The van der Waals surface area contributed by atoms with Crippen molar-refractivity contribution in [2.24, 2.45) is 0 Å². The summed E-state index contributed by atoms with van der Waals surface area (Å²) >= 11 is 1.37. The number of thioether (sulfide) groups is 1. The van der Waals surface area contributed by atoms with Gasteiger partial charge in [-0.3, -0.25) is 4.79 Å². The number of rotatable bonds is 7. The van der Waals surface area contributed by atoms with Crippen LogP contribution in [0.15, 0.2) is 90.5 Å². The first kappa shape index (κ1) is 18.9. The molecule has 0 saturated carbocycles. The fourth-order valence-corrected chi connectivity index (χ4v) is 3.40. The number of benzene rings is 2. The molecule has 7 heteroatoms. The molecule has 2 aromatic carbocycles. The van der Waals surface area contributed by atoms with Gasteiger partial charge in [-0.1, -0.05) is 54.2 Å². The number of nitrogens with one attached hydrogen (secondary N) is 1. The van der Waals surface area contributed by atoms with E-state index in [0.29, 0.717) is 12.3 Å². The van der Waals surface area contributed by atoms with Gasteiger partial charge in [-0.15, -0.1) is 10.2 Å². The SMILES string of the molecule is O=C(CSc1ccc(-c2ccc(-n3ccnc3)cc2)nn1)NCc1ccccc1. The first-order valence-electron chi connectivity index (χ1n) is 9.14. The molecule has 1 amide bonds. The second-order valence-electron chi connectivity index (χ2n) is 6.32. The van der Waals surface area contributed by atoms with Gasteiger partial charge in [-0.2, -0.15) is 0 Å². The maximum Gasteiger partial charge on any atom is 0.230 e. The number of hydrogen-bond donors (Lipinski definition) is 1. The second-order valence-corrected chi connectivity index (χ2v) is 7.32. The van der Waals surface area contributed by atoms with Crippen molar-refractivity contribution in [3.05, 3.63) is 91.0 Å². The van der Waals surface area contributed by atoms with Gasteiger partial charge in [0.1, 0.15) is 5.03 Å². The maximum atomic E-state index is 12.0. The molecule has 0 spiro atoms. The highest BCUT2D eigenvalue weighted by Crippen LogP contribution is 2.21. The summed E-state index contributed by atoms with van der Waals surface area (Å²) in [5.41, 5.74) is 3.89. The van der Waals surface area contributed by atoms with E-state index in [0.717, 1.165) is 27.5 Å². The predicted octanol–water partition coefficient (Wildman–Crippen LogP) is 3.74. The van der Waals surface area contributed by atoms with Crippen LogP contribution in [-0.2, 0) is 11.3 Å². The number of aromatic nitrogens is 4. The summed E-state index contributed by atoms with van der Waals surface area (Å²) in [5.74, 6) is 0.278. The number of imidazole rings is 1. The van der Waals surface area contributed by atoms with Gasteiger partial charge in [-0.25, -0.2) is 4.98 Å². The quantitative estimate of drug-likeness (QED) is 0.478. The van der Waals surface area contributed by atoms with E-state index in [1.807, 2.05) is 77.5 Å². The third kappa shape index (κ3) is 5.08. The van der Waals surface area contributed by atoms with E-state index in [-0.39, 0.29) is 5.91 Å². The summed E-state index contributed by atoms with van der Waals surface area (Å²) in [5, 5.41) is 12.2. The van der Waals surface area contributed by atoms with E-state index in [1.54, 1.807) is 12.5 Å². The second kappa shape index (κ2) is 9.16. The number of amides is 1. The van der Waals surface area contributed by atoms with Crippen molar-refractivity contribution in [3.63, 3.8) is 0 Å². The average Bonchev–Trinajstić information content (AvgIpc) is 3.32. The standard InChI is InChI=1S/C22H19N5OS/c28-21(24-14-17-4-2-1-3-5-17)15-29-22-11-10-20(25-26-22)18-6-8-19(9-7-18)27-13-12-23-16-27/h1-13,16H,14-15H2,(H,24,28). The summed E-state index contributed by atoms with van der Waals surface area (Å²) < 4.78 is 1.94. The van der Waals surface area contributed by atoms with Crippen molar-refractivity contribution in [2.45, 2.75) is 11.6 Å². The Hall–Kier alpha value is -3.45. The summed E-state index contributed by atoms with van der Waals surface area (Å²) in [6, 6.07) is 21.7. The molecule has 2 heterocycles. The predicted molar refractivity (Wildman–Crippen MR) is 114 cm³/mol. The lowest BCUT2D eigenvalue weighted by molar-refractivity contribution is -0.118. The van der Waals surface area contributed by atoms with Gasteiger partial charge in [-0.05, 0) is 29.8 Å². The number of carbonyl (C=O) groups excluding carboxylic acids is 1. The smallest absolute Gasteiger partial charge is 0.230 e. The molecule has 6 nitrogen and oxygen atoms in total. The Kier molecular flexibility index (Phi) is 5.97. The Morgan fingerprint density at radius 1 is 0.966 bits per heavy atom. The summed E-state index contributed by atoms with van der Waals surface area (Å²) in [6.07, 6.45) is 5.41. The van der Waals surface area contributed by atoms with Crippen molar-refractivity contribution < 1.29 is 4.79 Å². The van der Waals surface area contributed by atoms with Crippen LogP contribution in [-0.4, -0.2) is 31.4 Å². The normalized spacial score (nSPS) is 10.6. The van der Waals surface area contributed by atoms with Gasteiger partial charge in [0.15, 0.2) is 0 Å². The van der Waals surface area contributed by atoms with Crippen LogP contribution in [0.25, 0.3) is 16.9 Å². The summed E-state index contributed by atoms with van der Waals surface area (Å²) in [7, 11) is 0. The van der Waals surface area contributed by atoms with E-state index in [9.17, 15) is 4.79 Å². The minimum Gasteiger partial charge on any atom is -0.351 e. The molecule has 0 aliphatic carbocycles. The molecule has 4 rings (SSSR count). The molecule has 0 fully saturated rings. The zero-order chi connectivity index (χ0) is 19.9. The summed E-state index contributed by atoms with van der Waals surface area (Å²) in [6.45, 7) is 0.528. The van der Waals surface area contributed by atoms with Crippen LogP contribution in [0.1, 0.15) is 5.56 Å². The van der Waals surface area contributed by atoms with Gasteiger partial charge in [0, 0.05) is 30.2 Å². The van der Waals surface area contributed by atoms with Gasteiger partial charge in [0.05, 0.1) is 17.8 Å². The van der Waals surface area contributed by atoms with Gasteiger partial charge in [0.25, 0.3) is 0 Å². The minimum atomic E-state index is -0.0279. The molecular formula is C22H19N5OS. The molecule has 0 aliphatic rings. The fourth-order valence-electron chi connectivity index (χ4n) is 2.75. The molecule has 0 saturated heterocycles. The van der Waals surface area contributed by atoms with Gasteiger partial charge >= 0.3 is 0 Å². The molecule has 0 aliphatic heterocycles. The number of nitrogens with zero attached hydrogens (tertiary/aromatic N) is 4. The molecule has 144 valence electrons. The van der Waals surface area contributed by atoms with Gasteiger partial charge in [0.2, 0.25) is 5.91 Å². The maximum absolute atomic E-state index is 12.0. The number of carbonyl (C=O) groups is 1. The highest BCUT2D eigenvalue weighted by Gasteiger charge is 2.06. The average molecular weight is 401 g/mol. The van der Waals surface area contributed by atoms with Crippen LogP contribution >= 0.6 is 11.8 Å².